The van der Waals surface area contributed by atoms with E-state index >= 15 is 0 Å². The Hall–Kier alpha value is -3.19. The summed E-state index contributed by atoms with van der Waals surface area (Å²) >= 11 is 0. The lowest BCUT2D eigenvalue weighted by Crippen LogP contribution is -2.14. The SMILES string of the molecule is COc1cccc(-c2cc3c(cn2)CCc2c-3nn(CCCN)c2C(=O)O)c1. The van der Waals surface area contributed by atoms with Crippen LogP contribution in [0.2, 0.25) is 0 Å². The van der Waals surface area contributed by atoms with Gasteiger partial charge in [0.1, 0.15) is 11.4 Å². The maximum absolute atomic E-state index is 11.9. The summed E-state index contributed by atoms with van der Waals surface area (Å²) in [5.41, 5.74) is 11.2. The molecule has 2 aromatic heterocycles. The molecule has 0 atom stereocenters. The molecule has 0 aliphatic heterocycles. The van der Waals surface area contributed by atoms with E-state index in [1.54, 1.807) is 11.8 Å². The van der Waals surface area contributed by atoms with Crippen molar-refractivity contribution in [1.29, 1.82) is 0 Å². The van der Waals surface area contributed by atoms with Crippen LogP contribution in [-0.4, -0.2) is 39.5 Å². The summed E-state index contributed by atoms with van der Waals surface area (Å²) in [5.74, 6) is -0.187. The lowest BCUT2D eigenvalue weighted by molar-refractivity contribution is 0.0681. The molecule has 2 heterocycles. The number of aromatic nitrogens is 3. The summed E-state index contributed by atoms with van der Waals surface area (Å²) < 4.78 is 6.89. The molecule has 0 fully saturated rings. The number of carbonyl (C=O) groups is 1. The first-order valence-corrected chi connectivity index (χ1v) is 9.29. The highest BCUT2D eigenvalue weighted by Crippen LogP contribution is 2.36. The van der Waals surface area contributed by atoms with Crippen LogP contribution in [0, 0.1) is 0 Å². The fourth-order valence-electron chi connectivity index (χ4n) is 3.70. The van der Waals surface area contributed by atoms with Gasteiger partial charge in [0.05, 0.1) is 18.5 Å². The quantitative estimate of drug-likeness (QED) is 0.684. The third kappa shape index (κ3) is 3.14. The number of pyridine rings is 1. The van der Waals surface area contributed by atoms with Gasteiger partial charge < -0.3 is 15.6 Å². The normalized spacial score (nSPS) is 12.4. The molecule has 0 bridgehead atoms. The van der Waals surface area contributed by atoms with Crippen LogP contribution in [0.1, 0.15) is 28.0 Å². The number of methoxy groups -OCH3 is 1. The Kier molecular flexibility index (Phi) is 4.83. The Labute approximate surface area is 162 Å². The molecular formula is C21H22N4O3. The number of ether oxygens (including phenoxy) is 1. The predicted octanol–water partition coefficient (Wildman–Crippen LogP) is 2.77. The highest BCUT2D eigenvalue weighted by molar-refractivity contribution is 5.91. The molecule has 28 heavy (non-hydrogen) atoms. The number of hydrogen-bond donors (Lipinski definition) is 2. The van der Waals surface area contributed by atoms with Crippen molar-refractivity contribution in [1.82, 2.24) is 14.8 Å². The third-order valence-electron chi connectivity index (χ3n) is 5.08. The standard InChI is InChI=1S/C21H22N4O3/c1-28-15-5-2-4-13(10-15)18-11-17-14(12-23-18)6-7-16-19(17)24-25(9-3-8-22)20(16)21(26)27/h2,4-5,10-12H,3,6-9,22H2,1H3,(H,26,27). The van der Waals surface area contributed by atoms with E-state index in [9.17, 15) is 9.90 Å². The van der Waals surface area contributed by atoms with E-state index in [0.717, 1.165) is 45.8 Å². The molecule has 3 N–H and O–H groups in total. The Bertz CT molecular complexity index is 1040. The topological polar surface area (TPSA) is 103 Å². The van der Waals surface area contributed by atoms with Gasteiger partial charge in [-0.2, -0.15) is 5.10 Å². The van der Waals surface area contributed by atoms with Crippen LogP contribution in [0.3, 0.4) is 0 Å². The number of hydrogen-bond acceptors (Lipinski definition) is 5. The second kappa shape index (κ2) is 7.44. The molecule has 1 aliphatic rings. The average Bonchev–Trinajstić information content (AvgIpc) is 3.11. The van der Waals surface area contributed by atoms with Crippen molar-refractivity contribution in [3.05, 3.63) is 53.3 Å². The van der Waals surface area contributed by atoms with Gasteiger partial charge in [0.25, 0.3) is 0 Å². The van der Waals surface area contributed by atoms with Crippen LogP contribution < -0.4 is 10.5 Å². The molecule has 1 aromatic carbocycles. The van der Waals surface area contributed by atoms with Crippen LogP contribution in [-0.2, 0) is 19.4 Å². The number of nitrogens with zero attached hydrogens (tertiary/aromatic N) is 3. The molecule has 0 saturated carbocycles. The maximum Gasteiger partial charge on any atom is 0.354 e. The first kappa shape index (κ1) is 18.2. The van der Waals surface area contributed by atoms with Crippen LogP contribution in [0.25, 0.3) is 22.5 Å². The van der Waals surface area contributed by atoms with E-state index in [2.05, 4.69) is 10.1 Å². The van der Waals surface area contributed by atoms with Crippen molar-refractivity contribution in [3.8, 4) is 28.3 Å². The van der Waals surface area contributed by atoms with Crippen molar-refractivity contribution >= 4 is 5.97 Å². The van der Waals surface area contributed by atoms with Gasteiger partial charge in [-0.3, -0.25) is 9.67 Å². The van der Waals surface area contributed by atoms with Gasteiger partial charge in [-0.1, -0.05) is 12.1 Å². The summed E-state index contributed by atoms with van der Waals surface area (Å²) in [6.07, 6.45) is 3.94. The molecule has 7 heteroatoms. The third-order valence-corrected chi connectivity index (χ3v) is 5.08. The molecule has 1 aliphatic carbocycles. The smallest absolute Gasteiger partial charge is 0.354 e. The first-order chi connectivity index (χ1) is 13.6. The van der Waals surface area contributed by atoms with Crippen LogP contribution >= 0.6 is 0 Å². The minimum absolute atomic E-state index is 0.272. The largest absolute Gasteiger partial charge is 0.497 e. The summed E-state index contributed by atoms with van der Waals surface area (Å²) in [5, 5.41) is 14.4. The summed E-state index contributed by atoms with van der Waals surface area (Å²) in [7, 11) is 1.63. The van der Waals surface area contributed by atoms with Crippen LogP contribution in [0.15, 0.2) is 36.5 Å². The van der Waals surface area contributed by atoms with E-state index in [0.29, 0.717) is 25.9 Å². The number of aryl methyl sites for hydroxylation is 2. The molecule has 7 nitrogen and oxygen atoms in total. The van der Waals surface area contributed by atoms with Crippen molar-refractivity contribution in [2.45, 2.75) is 25.8 Å². The molecule has 3 aromatic rings. The molecule has 144 valence electrons. The summed E-state index contributed by atoms with van der Waals surface area (Å²) in [4.78, 5) is 16.5. The molecule has 0 spiro atoms. The molecular weight excluding hydrogens is 356 g/mol. The lowest BCUT2D eigenvalue weighted by atomic mass is 9.89. The molecule has 4 rings (SSSR count). The van der Waals surface area contributed by atoms with E-state index in [1.807, 2.05) is 36.5 Å². The fraction of sp³-hybridized carbons (Fsp3) is 0.286. The Morgan fingerprint density at radius 1 is 1.32 bits per heavy atom. The number of carboxylic acid groups (broad SMARTS) is 1. The van der Waals surface area contributed by atoms with Crippen LogP contribution in [0.4, 0.5) is 0 Å². The number of nitrogens with two attached hydrogens (primary N) is 1. The number of aromatic carboxylic acids is 1. The van der Waals surface area contributed by atoms with Crippen molar-refractivity contribution in [2.24, 2.45) is 5.73 Å². The summed E-state index contributed by atoms with van der Waals surface area (Å²) in [6, 6.07) is 9.71. The Morgan fingerprint density at radius 2 is 2.18 bits per heavy atom. The zero-order valence-electron chi connectivity index (χ0n) is 15.7. The minimum atomic E-state index is -0.948. The highest BCUT2D eigenvalue weighted by Gasteiger charge is 2.28. The molecule has 0 radical (unpaired) electrons. The number of fused-ring (bicyclic) bond motifs is 3. The predicted molar refractivity (Wildman–Crippen MR) is 105 cm³/mol. The zero-order chi connectivity index (χ0) is 19.7. The van der Waals surface area contributed by atoms with E-state index in [-0.39, 0.29) is 5.69 Å². The fourth-order valence-corrected chi connectivity index (χ4v) is 3.70. The molecule has 0 amide bonds. The van der Waals surface area contributed by atoms with Gasteiger partial charge in [0.2, 0.25) is 0 Å². The first-order valence-electron chi connectivity index (χ1n) is 9.29. The average molecular weight is 378 g/mol. The Balaban J connectivity index is 1.82. The number of rotatable bonds is 6. The molecule has 0 unspecified atom stereocenters. The van der Waals surface area contributed by atoms with Crippen LogP contribution in [0.5, 0.6) is 5.75 Å². The van der Waals surface area contributed by atoms with Gasteiger partial charge in [-0.25, -0.2) is 4.79 Å². The zero-order valence-corrected chi connectivity index (χ0v) is 15.7. The van der Waals surface area contributed by atoms with Crippen molar-refractivity contribution in [3.63, 3.8) is 0 Å². The molecule has 0 saturated heterocycles. The van der Waals surface area contributed by atoms with Crippen molar-refractivity contribution in [2.75, 3.05) is 13.7 Å². The minimum Gasteiger partial charge on any atom is -0.497 e. The van der Waals surface area contributed by atoms with E-state index in [1.165, 1.54) is 0 Å². The van der Waals surface area contributed by atoms with E-state index in [4.69, 9.17) is 10.5 Å². The second-order valence-electron chi connectivity index (χ2n) is 6.80. The summed E-state index contributed by atoms with van der Waals surface area (Å²) in [6.45, 7) is 0.984. The van der Waals surface area contributed by atoms with Crippen molar-refractivity contribution < 1.29 is 14.6 Å². The van der Waals surface area contributed by atoms with Gasteiger partial charge in [-0.05, 0) is 49.6 Å². The van der Waals surface area contributed by atoms with Gasteiger partial charge in [0, 0.05) is 29.4 Å². The number of carboxylic acids is 1. The monoisotopic (exact) mass is 378 g/mol. The second-order valence-corrected chi connectivity index (χ2v) is 6.80. The van der Waals surface area contributed by atoms with Gasteiger partial charge in [-0.15, -0.1) is 0 Å². The van der Waals surface area contributed by atoms with Gasteiger partial charge >= 0.3 is 5.97 Å². The maximum atomic E-state index is 11.9. The Morgan fingerprint density at radius 3 is 2.93 bits per heavy atom. The van der Waals surface area contributed by atoms with Gasteiger partial charge in [0.15, 0.2) is 0 Å². The lowest BCUT2D eigenvalue weighted by Gasteiger charge is -2.16. The van der Waals surface area contributed by atoms with E-state index < -0.39 is 5.97 Å². The number of benzene rings is 1. The highest BCUT2D eigenvalue weighted by atomic mass is 16.5.